The fourth-order valence-electron chi connectivity index (χ4n) is 2.90. The maximum Gasteiger partial charge on any atom is 0.243 e. The summed E-state index contributed by atoms with van der Waals surface area (Å²) >= 11 is 0. The second-order valence-corrected chi connectivity index (χ2v) is 5.85. The van der Waals surface area contributed by atoms with Gasteiger partial charge in [-0.25, -0.2) is 4.98 Å². The molecule has 23 heavy (non-hydrogen) atoms. The molecular weight excluding hydrogens is 292 g/mol. The SMILES string of the molecule is Cc1ccccc1C(NC(=O)C1CCC(=O)N1)c1nccn1C. The Morgan fingerprint density at radius 1 is 1.43 bits per heavy atom. The summed E-state index contributed by atoms with van der Waals surface area (Å²) in [7, 11) is 1.90. The van der Waals surface area contributed by atoms with E-state index in [0.29, 0.717) is 12.8 Å². The van der Waals surface area contributed by atoms with Crippen LogP contribution in [0.3, 0.4) is 0 Å². The highest BCUT2D eigenvalue weighted by molar-refractivity contribution is 5.91. The number of amides is 2. The molecule has 1 aromatic carbocycles. The molecule has 2 unspecified atom stereocenters. The average Bonchev–Trinajstić information content (AvgIpc) is 3.14. The van der Waals surface area contributed by atoms with E-state index in [9.17, 15) is 9.59 Å². The highest BCUT2D eigenvalue weighted by Gasteiger charge is 2.30. The normalized spacial score (nSPS) is 18.5. The Balaban J connectivity index is 1.90. The maximum absolute atomic E-state index is 12.5. The number of hydrogen-bond donors (Lipinski definition) is 2. The fraction of sp³-hybridized carbons (Fsp3) is 0.353. The Morgan fingerprint density at radius 2 is 2.22 bits per heavy atom. The van der Waals surface area contributed by atoms with Crippen LogP contribution in [0.2, 0.25) is 0 Å². The first-order valence-corrected chi connectivity index (χ1v) is 7.68. The van der Waals surface area contributed by atoms with Gasteiger partial charge in [0.25, 0.3) is 0 Å². The van der Waals surface area contributed by atoms with E-state index in [1.54, 1.807) is 6.20 Å². The van der Waals surface area contributed by atoms with E-state index < -0.39 is 6.04 Å². The van der Waals surface area contributed by atoms with Crippen LogP contribution in [0.15, 0.2) is 36.7 Å². The average molecular weight is 312 g/mol. The van der Waals surface area contributed by atoms with Crippen molar-refractivity contribution in [3.8, 4) is 0 Å². The lowest BCUT2D eigenvalue weighted by Crippen LogP contribution is -2.44. The number of benzene rings is 1. The number of nitrogens with zero attached hydrogens (tertiary/aromatic N) is 2. The molecule has 0 spiro atoms. The molecule has 120 valence electrons. The van der Waals surface area contributed by atoms with Crippen LogP contribution in [0.25, 0.3) is 0 Å². The lowest BCUT2D eigenvalue weighted by Gasteiger charge is -2.22. The molecule has 6 heteroatoms. The molecule has 0 radical (unpaired) electrons. The second kappa shape index (κ2) is 6.24. The third kappa shape index (κ3) is 3.11. The maximum atomic E-state index is 12.5. The lowest BCUT2D eigenvalue weighted by atomic mass is 10.00. The molecule has 1 fully saturated rings. The lowest BCUT2D eigenvalue weighted by molar-refractivity contribution is -0.126. The van der Waals surface area contributed by atoms with Crippen molar-refractivity contribution in [2.45, 2.75) is 31.8 Å². The smallest absolute Gasteiger partial charge is 0.243 e. The van der Waals surface area contributed by atoms with Crippen LogP contribution in [0.5, 0.6) is 0 Å². The topological polar surface area (TPSA) is 76.0 Å². The Bertz CT molecular complexity index is 738. The van der Waals surface area contributed by atoms with Gasteiger partial charge in [-0.05, 0) is 24.5 Å². The van der Waals surface area contributed by atoms with E-state index in [0.717, 1.165) is 17.0 Å². The zero-order valence-electron chi connectivity index (χ0n) is 13.2. The summed E-state index contributed by atoms with van der Waals surface area (Å²) in [4.78, 5) is 28.3. The van der Waals surface area contributed by atoms with Crippen LogP contribution in [0.1, 0.15) is 35.8 Å². The summed E-state index contributed by atoms with van der Waals surface area (Å²) in [6, 6.07) is 7.10. The third-order valence-electron chi connectivity index (χ3n) is 4.21. The van der Waals surface area contributed by atoms with Gasteiger partial charge in [0.2, 0.25) is 11.8 Å². The number of aryl methyl sites for hydroxylation is 2. The largest absolute Gasteiger partial charge is 0.344 e. The van der Waals surface area contributed by atoms with E-state index in [4.69, 9.17) is 0 Å². The Kier molecular flexibility index (Phi) is 4.14. The van der Waals surface area contributed by atoms with Crippen LogP contribution in [0.4, 0.5) is 0 Å². The Morgan fingerprint density at radius 3 is 2.83 bits per heavy atom. The van der Waals surface area contributed by atoms with Gasteiger partial charge >= 0.3 is 0 Å². The van der Waals surface area contributed by atoms with E-state index in [1.807, 2.05) is 49.0 Å². The number of hydrogen-bond acceptors (Lipinski definition) is 3. The van der Waals surface area contributed by atoms with Gasteiger partial charge in [-0.15, -0.1) is 0 Å². The van der Waals surface area contributed by atoms with Gasteiger partial charge < -0.3 is 15.2 Å². The molecular formula is C17H20N4O2. The quantitative estimate of drug-likeness (QED) is 0.891. The van der Waals surface area contributed by atoms with Crippen molar-refractivity contribution >= 4 is 11.8 Å². The number of aromatic nitrogens is 2. The van der Waals surface area contributed by atoms with Gasteiger partial charge in [-0.2, -0.15) is 0 Å². The van der Waals surface area contributed by atoms with Crippen molar-refractivity contribution in [3.63, 3.8) is 0 Å². The van der Waals surface area contributed by atoms with Gasteiger partial charge in [-0.3, -0.25) is 9.59 Å². The van der Waals surface area contributed by atoms with E-state index in [-0.39, 0.29) is 17.9 Å². The Labute approximate surface area is 134 Å². The van der Waals surface area contributed by atoms with Gasteiger partial charge in [0, 0.05) is 25.9 Å². The van der Waals surface area contributed by atoms with Crippen molar-refractivity contribution in [1.82, 2.24) is 20.2 Å². The number of rotatable bonds is 4. The van der Waals surface area contributed by atoms with Gasteiger partial charge in [-0.1, -0.05) is 24.3 Å². The van der Waals surface area contributed by atoms with Gasteiger partial charge in [0.05, 0.1) is 0 Å². The van der Waals surface area contributed by atoms with E-state index in [1.165, 1.54) is 0 Å². The Hall–Kier alpha value is -2.63. The predicted octanol–water partition coefficient (Wildman–Crippen LogP) is 1.21. The van der Waals surface area contributed by atoms with Crippen molar-refractivity contribution < 1.29 is 9.59 Å². The zero-order chi connectivity index (χ0) is 16.4. The summed E-state index contributed by atoms with van der Waals surface area (Å²) in [5, 5.41) is 5.75. The molecule has 0 saturated carbocycles. The standard InChI is InChI=1S/C17H20N4O2/c1-11-5-3-4-6-12(11)15(16-18-9-10-21(16)2)20-17(23)13-7-8-14(22)19-13/h3-6,9-10,13,15H,7-8H2,1-2H3,(H,19,22)(H,20,23). The second-order valence-electron chi connectivity index (χ2n) is 5.85. The summed E-state index contributed by atoms with van der Waals surface area (Å²) < 4.78 is 1.89. The van der Waals surface area contributed by atoms with E-state index >= 15 is 0 Å². The highest BCUT2D eigenvalue weighted by Crippen LogP contribution is 2.24. The summed E-state index contributed by atoms with van der Waals surface area (Å²) in [6.07, 6.45) is 4.50. The third-order valence-corrected chi connectivity index (χ3v) is 4.21. The zero-order valence-corrected chi connectivity index (χ0v) is 13.2. The number of imidazole rings is 1. The summed E-state index contributed by atoms with van der Waals surface area (Å²) in [6.45, 7) is 2.01. The minimum atomic E-state index is -0.464. The van der Waals surface area contributed by atoms with Crippen molar-refractivity contribution in [3.05, 3.63) is 53.6 Å². The molecule has 0 bridgehead atoms. The molecule has 2 N–H and O–H groups in total. The first-order chi connectivity index (χ1) is 11.1. The molecule has 2 heterocycles. The van der Waals surface area contributed by atoms with Crippen molar-refractivity contribution in [2.24, 2.45) is 7.05 Å². The van der Waals surface area contributed by atoms with Crippen LogP contribution in [0, 0.1) is 6.92 Å². The molecule has 2 amide bonds. The molecule has 2 aromatic rings. The molecule has 1 aliphatic rings. The number of carbonyl (C=O) groups excluding carboxylic acids is 2. The van der Waals surface area contributed by atoms with Crippen LogP contribution in [-0.4, -0.2) is 27.4 Å². The van der Waals surface area contributed by atoms with Gasteiger partial charge in [0.15, 0.2) is 0 Å². The first-order valence-electron chi connectivity index (χ1n) is 7.68. The fourth-order valence-corrected chi connectivity index (χ4v) is 2.90. The monoisotopic (exact) mass is 312 g/mol. The molecule has 2 atom stereocenters. The molecule has 1 aromatic heterocycles. The first kappa shape index (κ1) is 15.3. The molecule has 6 nitrogen and oxygen atoms in total. The van der Waals surface area contributed by atoms with E-state index in [2.05, 4.69) is 15.6 Å². The minimum Gasteiger partial charge on any atom is -0.344 e. The predicted molar refractivity (Wildman–Crippen MR) is 85.5 cm³/mol. The molecule has 1 aliphatic heterocycles. The molecule has 1 saturated heterocycles. The summed E-state index contributed by atoms with van der Waals surface area (Å²) in [5.74, 6) is 0.513. The van der Waals surface area contributed by atoms with Crippen molar-refractivity contribution in [1.29, 1.82) is 0 Å². The van der Waals surface area contributed by atoms with Crippen molar-refractivity contribution in [2.75, 3.05) is 0 Å². The minimum absolute atomic E-state index is 0.0745. The summed E-state index contributed by atoms with van der Waals surface area (Å²) in [5.41, 5.74) is 2.08. The highest BCUT2D eigenvalue weighted by atomic mass is 16.2. The molecule has 0 aliphatic carbocycles. The van der Waals surface area contributed by atoms with Crippen LogP contribution >= 0.6 is 0 Å². The van der Waals surface area contributed by atoms with Crippen LogP contribution in [-0.2, 0) is 16.6 Å². The van der Waals surface area contributed by atoms with Gasteiger partial charge in [0.1, 0.15) is 17.9 Å². The number of nitrogens with one attached hydrogen (secondary N) is 2. The van der Waals surface area contributed by atoms with Crippen LogP contribution < -0.4 is 10.6 Å². The molecule has 3 rings (SSSR count). The number of carbonyl (C=O) groups is 2.